The SMILES string of the molecule is CCNC(=NCc1ccc(-n2ccnc2C)nc1)NCc1ccc(C)c(F)c1.I. The first kappa shape index (κ1) is 22.8. The number of aliphatic imine (C=N–C) groups is 1. The highest BCUT2D eigenvalue weighted by atomic mass is 127. The first-order chi connectivity index (χ1) is 13.6. The fourth-order valence-corrected chi connectivity index (χ4v) is 2.72. The highest BCUT2D eigenvalue weighted by molar-refractivity contribution is 14.0. The molecule has 2 N–H and O–H groups in total. The average Bonchev–Trinajstić information content (AvgIpc) is 3.13. The standard InChI is InChI=1S/C21H25FN6.HI/c1-4-23-21(26-12-17-6-5-15(2)19(22)11-17)27-14-18-7-8-20(25-13-18)28-10-9-24-16(28)3;/h5-11,13H,4,12,14H2,1-3H3,(H2,23,26,27);1H. The van der Waals surface area contributed by atoms with Crippen molar-refractivity contribution in [2.75, 3.05) is 6.54 Å². The van der Waals surface area contributed by atoms with E-state index in [9.17, 15) is 4.39 Å². The van der Waals surface area contributed by atoms with Gasteiger partial charge in [0.05, 0.1) is 6.54 Å². The molecule has 3 aromatic rings. The Morgan fingerprint density at radius 1 is 1.10 bits per heavy atom. The summed E-state index contributed by atoms with van der Waals surface area (Å²) in [6.45, 7) is 7.44. The summed E-state index contributed by atoms with van der Waals surface area (Å²) in [5, 5.41) is 6.44. The van der Waals surface area contributed by atoms with Crippen LogP contribution in [0, 0.1) is 19.7 Å². The average molecular weight is 508 g/mol. The van der Waals surface area contributed by atoms with Crippen LogP contribution >= 0.6 is 24.0 Å². The van der Waals surface area contributed by atoms with Crippen LogP contribution in [0.4, 0.5) is 4.39 Å². The third-order valence-electron chi connectivity index (χ3n) is 4.34. The molecule has 0 unspecified atom stereocenters. The van der Waals surface area contributed by atoms with Crippen LogP contribution < -0.4 is 10.6 Å². The first-order valence-corrected chi connectivity index (χ1v) is 9.29. The topological polar surface area (TPSA) is 67.1 Å². The normalized spacial score (nSPS) is 11.1. The molecule has 0 spiro atoms. The van der Waals surface area contributed by atoms with Crippen molar-refractivity contribution in [1.82, 2.24) is 25.2 Å². The van der Waals surface area contributed by atoms with Crippen LogP contribution in [0.5, 0.6) is 0 Å². The largest absolute Gasteiger partial charge is 0.357 e. The fourth-order valence-electron chi connectivity index (χ4n) is 2.72. The van der Waals surface area contributed by atoms with Crippen molar-refractivity contribution < 1.29 is 4.39 Å². The van der Waals surface area contributed by atoms with Gasteiger partial charge in [-0.25, -0.2) is 19.4 Å². The molecule has 0 radical (unpaired) electrons. The van der Waals surface area contributed by atoms with E-state index in [4.69, 9.17) is 0 Å². The molecule has 0 aliphatic rings. The zero-order chi connectivity index (χ0) is 19.9. The predicted octanol–water partition coefficient (Wildman–Crippen LogP) is 3.90. The van der Waals surface area contributed by atoms with Gasteiger partial charge >= 0.3 is 0 Å². The van der Waals surface area contributed by atoms with E-state index in [2.05, 4.69) is 25.6 Å². The van der Waals surface area contributed by atoms with Gasteiger partial charge in [-0.1, -0.05) is 18.2 Å². The molecule has 8 heteroatoms. The summed E-state index contributed by atoms with van der Waals surface area (Å²) in [5.74, 6) is 2.21. The molecule has 1 aromatic carbocycles. The second kappa shape index (κ2) is 10.9. The summed E-state index contributed by atoms with van der Waals surface area (Å²) >= 11 is 0. The molecule has 3 rings (SSSR count). The van der Waals surface area contributed by atoms with Gasteiger partial charge in [0.1, 0.15) is 17.5 Å². The van der Waals surface area contributed by atoms with Crippen LogP contribution in [-0.4, -0.2) is 27.0 Å². The predicted molar refractivity (Wildman–Crippen MR) is 124 cm³/mol. The van der Waals surface area contributed by atoms with Crippen molar-refractivity contribution >= 4 is 29.9 Å². The second-order valence-electron chi connectivity index (χ2n) is 6.50. The Kier molecular flexibility index (Phi) is 8.56. The number of nitrogens with one attached hydrogen (secondary N) is 2. The number of pyridine rings is 1. The van der Waals surface area contributed by atoms with E-state index in [0.29, 0.717) is 24.6 Å². The second-order valence-corrected chi connectivity index (χ2v) is 6.50. The summed E-state index contributed by atoms with van der Waals surface area (Å²) in [6, 6.07) is 9.20. The summed E-state index contributed by atoms with van der Waals surface area (Å²) in [4.78, 5) is 13.3. The third kappa shape index (κ3) is 6.25. The Morgan fingerprint density at radius 2 is 1.90 bits per heavy atom. The number of rotatable bonds is 6. The van der Waals surface area contributed by atoms with Gasteiger partial charge in [0, 0.05) is 31.7 Å². The number of benzene rings is 1. The highest BCUT2D eigenvalue weighted by Gasteiger charge is 2.04. The molecule has 6 nitrogen and oxygen atoms in total. The maximum atomic E-state index is 13.7. The van der Waals surface area contributed by atoms with Crippen LogP contribution in [0.3, 0.4) is 0 Å². The van der Waals surface area contributed by atoms with E-state index in [0.717, 1.165) is 29.3 Å². The Hall–Kier alpha value is -2.49. The molecule has 0 saturated heterocycles. The number of aryl methyl sites for hydroxylation is 2. The molecule has 0 aliphatic carbocycles. The smallest absolute Gasteiger partial charge is 0.191 e. The summed E-state index contributed by atoms with van der Waals surface area (Å²) in [7, 11) is 0. The maximum absolute atomic E-state index is 13.7. The van der Waals surface area contributed by atoms with Crippen LogP contribution in [-0.2, 0) is 13.1 Å². The molecule has 0 fully saturated rings. The molecule has 2 aromatic heterocycles. The quantitative estimate of drug-likeness (QED) is 0.301. The molecule has 0 saturated carbocycles. The molecule has 0 atom stereocenters. The zero-order valence-electron chi connectivity index (χ0n) is 16.8. The summed E-state index contributed by atoms with van der Waals surface area (Å²) in [5.41, 5.74) is 2.52. The maximum Gasteiger partial charge on any atom is 0.191 e. The minimum absolute atomic E-state index is 0. The number of hydrogen-bond donors (Lipinski definition) is 2. The zero-order valence-corrected chi connectivity index (χ0v) is 19.1. The van der Waals surface area contributed by atoms with Crippen molar-refractivity contribution in [3.05, 3.63) is 77.3 Å². The minimum atomic E-state index is -0.194. The van der Waals surface area contributed by atoms with Crippen molar-refractivity contribution in [3.8, 4) is 5.82 Å². The number of nitrogens with zero attached hydrogens (tertiary/aromatic N) is 4. The Morgan fingerprint density at radius 3 is 2.52 bits per heavy atom. The number of aromatic nitrogens is 3. The van der Waals surface area contributed by atoms with E-state index >= 15 is 0 Å². The molecule has 0 amide bonds. The Bertz CT molecular complexity index is 952. The van der Waals surface area contributed by atoms with Gasteiger partial charge in [-0.3, -0.25) is 4.57 Å². The molecule has 29 heavy (non-hydrogen) atoms. The van der Waals surface area contributed by atoms with Crippen LogP contribution in [0.15, 0.2) is 53.9 Å². The minimum Gasteiger partial charge on any atom is -0.357 e. The lowest BCUT2D eigenvalue weighted by molar-refractivity contribution is 0.615. The van der Waals surface area contributed by atoms with E-state index < -0.39 is 0 Å². The third-order valence-corrected chi connectivity index (χ3v) is 4.34. The van der Waals surface area contributed by atoms with Crippen LogP contribution in [0.25, 0.3) is 5.82 Å². The molecular weight excluding hydrogens is 482 g/mol. The van der Waals surface area contributed by atoms with Crippen molar-refractivity contribution in [3.63, 3.8) is 0 Å². The number of hydrogen-bond acceptors (Lipinski definition) is 3. The first-order valence-electron chi connectivity index (χ1n) is 9.29. The van der Waals surface area contributed by atoms with E-state index in [1.807, 2.05) is 49.0 Å². The van der Waals surface area contributed by atoms with E-state index in [-0.39, 0.29) is 29.8 Å². The van der Waals surface area contributed by atoms with E-state index in [1.54, 1.807) is 25.3 Å². The van der Waals surface area contributed by atoms with Gasteiger partial charge in [-0.15, -0.1) is 24.0 Å². The van der Waals surface area contributed by atoms with Gasteiger partial charge in [-0.05, 0) is 49.6 Å². The monoisotopic (exact) mass is 508 g/mol. The lowest BCUT2D eigenvalue weighted by Crippen LogP contribution is -2.36. The Labute approximate surface area is 187 Å². The number of guanidine groups is 1. The Balaban J connectivity index is 0.00000300. The van der Waals surface area contributed by atoms with Gasteiger partial charge < -0.3 is 10.6 Å². The molecule has 0 bridgehead atoms. The highest BCUT2D eigenvalue weighted by Crippen LogP contribution is 2.10. The van der Waals surface area contributed by atoms with Gasteiger partial charge in [0.2, 0.25) is 0 Å². The molecule has 2 heterocycles. The van der Waals surface area contributed by atoms with E-state index in [1.165, 1.54) is 0 Å². The van der Waals surface area contributed by atoms with Gasteiger partial charge in [-0.2, -0.15) is 0 Å². The molecular formula is C21H26FIN6. The van der Waals surface area contributed by atoms with Crippen LogP contribution in [0.1, 0.15) is 29.4 Å². The summed E-state index contributed by atoms with van der Waals surface area (Å²) in [6.07, 6.45) is 5.46. The van der Waals surface area contributed by atoms with Gasteiger partial charge in [0.25, 0.3) is 0 Å². The summed E-state index contributed by atoms with van der Waals surface area (Å²) < 4.78 is 15.6. The molecule has 0 aliphatic heterocycles. The van der Waals surface area contributed by atoms with Crippen molar-refractivity contribution in [1.29, 1.82) is 0 Å². The number of imidazole rings is 1. The lowest BCUT2D eigenvalue weighted by Gasteiger charge is -2.12. The lowest BCUT2D eigenvalue weighted by atomic mass is 10.1. The van der Waals surface area contributed by atoms with Crippen molar-refractivity contribution in [2.45, 2.75) is 33.9 Å². The molecule has 154 valence electrons. The fraction of sp³-hybridized carbons (Fsp3) is 0.286. The number of halogens is 2. The van der Waals surface area contributed by atoms with Crippen molar-refractivity contribution in [2.24, 2.45) is 4.99 Å². The van der Waals surface area contributed by atoms with Gasteiger partial charge in [0.15, 0.2) is 5.96 Å². The van der Waals surface area contributed by atoms with Crippen LogP contribution in [0.2, 0.25) is 0 Å².